The van der Waals surface area contributed by atoms with Gasteiger partial charge in [-0.1, -0.05) is 55.3 Å². The molecule has 1 N–H and O–H groups in total. The highest BCUT2D eigenvalue weighted by Gasteiger charge is 2.47. The first-order valence-electron chi connectivity index (χ1n) is 12.2. The third-order valence-corrected chi connectivity index (χ3v) is 6.54. The number of rotatable bonds is 8. The molecule has 1 heterocycles. The van der Waals surface area contributed by atoms with Crippen LogP contribution in [-0.2, 0) is 9.59 Å². The Morgan fingerprint density at radius 3 is 2.32 bits per heavy atom. The zero-order valence-corrected chi connectivity index (χ0v) is 22.7. The molecule has 0 spiro atoms. The maximum Gasteiger partial charge on any atom is 0.300 e. The summed E-state index contributed by atoms with van der Waals surface area (Å²) in [6.07, 6.45) is 0. The van der Waals surface area contributed by atoms with Crippen LogP contribution in [0.2, 0.25) is 5.02 Å². The lowest BCUT2D eigenvalue weighted by Gasteiger charge is -2.26. The largest absolute Gasteiger partial charge is 0.507 e. The van der Waals surface area contributed by atoms with Crippen LogP contribution in [0.5, 0.6) is 17.2 Å². The minimum atomic E-state index is -0.925. The molecule has 3 aromatic carbocycles. The highest BCUT2D eigenvalue weighted by atomic mass is 35.5. The SMILES string of the molecule is COc1cc(OC)c(/C(O)=C2\C(=O)C(=O)N(c3ccc(C)cc3)C2c2cccc(OCC(C)C)c2)cc1Cl. The number of carbonyl (C=O) groups excluding carboxylic acids is 2. The molecule has 1 atom stereocenters. The number of methoxy groups -OCH3 is 2. The molecule has 0 aliphatic carbocycles. The highest BCUT2D eigenvalue weighted by Crippen LogP contribution is 2.45. The quantitative estimate of drug-likeness (QED) is 0.206. The molecule has 0 radical (unpaired) electrons. The number of hydrogen-bond acceptors (Lipinski definition) is 6. The Morgan fingerprint density at radius 1 is 1.00 bits per heavy atom. The van der Waals surface area contributed by atoms with Gasteiger partial charge >= 0.3 is 0 Å². The molecule has 1 unspecified atom stereocenters. The van der Waals surface area contributed by atoms with Crippen molar-refractivity contribution in [1.29, 1.82) is 0 Å². The molecular weight excluding hydrogens is 506 g/mol. The topological polar surface area (TPSA) is 85.3 Å². The normalized spacial score (nSPS) is 16.7. The second-order valence-corrected chi connectivity index (χ2v) is 9.88. The molecule has 8 heteroatoms. The Morgan fingerprint density at radius 2 is 1.68 bits per heavy atom. The minimum absolute atomic E-state index is 0.0869. The van der Waals surface area contributed by atoms with Gasteiger partial charge in [0, 0.05) is 11.8 Å². The number of hydrogen-bond donors (Lipinski definition) is 1. The standard InChI is InChI=1S/C30H30ClNO6/c1-17(2)16-38-21-8-6-7-19(13-21)27-26(28(33)22-14-23(31)25(37-5)15-24(22)36-4)29(34)30(35)32(27)20-11-9-18(3)10-12-20/h6-15,17,27,33H,16H2,1-5H3/b28-26+. The molecule has 1 saturated heterocycles. The number of aliphatic hydroxyl groups excluding tert-OH is 1. The van der Waals surface area contributed by atoms with Gasteiger partial charge in [-0.2, -0.15) is 0 Å². The van der Waals surface area contributed by atoms with Gasteiger partial charge in [0.1, 0.15) is 23.0 Å². The number of carbonyl (C=O) groups is 2. The number of aliphatic hydroxyl groups is 1. The van der Waals surface area contributed by atoms with E-state index >= 15 is 0 Å². The molecule has 4 rings (SSSR count). The van der Waals surface area contributed by atoms with E-state index in [1.807, 2.05) is 39.0 Å². The number of ketones is 1. The molecule has 1 aliphatic rings. The third-order valence-electron chi connectivity index (χ3n) is 6.24. The van der Waals surface area contributed by atoms with Crippen molar-refractivity contribution in [2.75, 3.05) is 25.7 Å². The van der Waals surface area contributed by atoms with Crippen LogP contribution in [-0.4, -0.2) is 37.6 Å². The van der Waals surface area contributed by atoms with Crippen LogP contribution < -0.4 is 19.1 Å². The molecule has 0 saturated carbocycles. The van der Waals surface area contributed by atoms with Crippen LogP contribution in [0.3, 0.4) is 0 Å². The summed E-state index contributed by atoms with van der Waals surface area (Å²) in [5, 5.41) is 11.8. The monoisotopic (exact) mass is 535 g/mol. The Labute approximate surface area is 227 Å². The van der Waals surface area contributed by atoms with Crippen LogP contribution in [0, 0.1) is 12.8 Å². The molecular formula is C30H30ClNO6. The van der Waals surface area contributed by atoms with Crippen molar-refractivity contribution in [3.63, 3.8) is 0 Å². The summed E-state index contributed by atoms with van der Waals surface area (Å²) in [6, 6.07) is 16.5. The van der Waals surface area contributed by atoms with Crippen LogP contribution in [0.4, 0.5) is 5.69 Å². The molecule has 1 fully saturated rings. The van der Waals surface area contributed by atoms with Crippen molar-refractivity contribution < 1.29 is 28.9 Å². The number of ether oxygens (including phenoxy) is 3. The summed E-state index contributed by atoms with van der Waals surface area (Å²) in [5.41, 5.74) is 2.21. The van der Waals surface area contributed by atoms with Crippen molar-refractivity contribution in [3.8, 4) is 17.2 Å². The Hall–Kier alpha value is -3.97. The molecule has 198 valence electrons. The molecule has 3 aromatic rings. The summed E-state index contributed by atoms with van der Waals surface area (Å²) in [4.78, 5) is 28.4. The van der Waals surface area contributed by atoms with E-state index in [0.717, 1.165) is 5.56 Å². The van der Waals surface area contributed by atoms with Crippen LogP contribution in [0.15, 0.2) is 66.2 Å². The number of aryl methyl sites for hydroxylation is 1. The Balaban J connectivity index is 1.94. The lowest BCUT2D eigenvalue weighted by atomic mass is 9.94. The lowest BCUT2D eigenvalue weighted by Crippen LogP contribution is -2.29. The average Bonchev–Trinajstić information content (AvgIpc) is 3.17. The number of halogens is 1. The Kier molecular flexibility index (Phi) is 7.97. The van der Waals surface area contributed by atoms with Crippen molar-refractivity contribution in [1.82, 2.24) is 0 Å². The fraction of sp³-hybridized carbons (Fsp3) is 0.267. The number of nitrogens with zero attached hydrogens (tertiary/aromatic N) is 1. The predicted octanol–water partition coefficient (Wildman–Crippen LogP) is 6.33. The number of benzene rings is 3. The van der Waals surface area contributed by atoms with Gasteiger partial charge < -0.3 is 19.3 Å². The fourth-order valence-corrected chi connectivity index (χ4v) is 4.59. The summed E-state index contributed by atoms with van der Waals surface area (Å²) in [7, 11) is 2.89. The molecule has 1 amide bonds. The lowest BCUT2D eigenvalue weighted by molar-refractivity contribution is -0.132. The van der Waals surface area contributed by atoms with E-state index in [1.54, 1.807) is 30.3 Å². The van der Waals surface area contributed by atoms with Gasteiger partial charge in [0.2, 0.25) is 0 Å². The van der Waals surface area contributed by atoms with Crippen molar-refractivity contribution in [2.45, 2.75) is 26.8 Å². The van der Waals surface area contributed by atoms with Gasteiger partial charge in [-0.3, -0.25) is 14.5 Å². The fourth-order valence-electron chi connectivity index (χ4n) is 4.35. The maximum atomic E-state index is 13.5. The molecule has 38 heavy (non-hydrogen) atoms. The summed E-state index contributed by atoms with van der Waals surface area (Å²) in [5.74, 6) is -0.509. The summed E-state index contributed by atoms with van der Waals surface area (Å²) < 4.78 is 16.6. The van der Waals surface area contributed by atoms with Gasteiger partial charge in [-0.25, -0.2) is 0 Å². The molecule has 7 nitrogen and oxygen atoms in total. The predicted molar refractivity (Wildman–Crippen MR) is 147 cm³/mol. The zero-order valence-electron chi connectivity index (χ0n) is 21.9. The smallest absolute Gasteiger partial charge is 0.300 e. The van der Waals surface area contributed by atoms with Gasteiger partial charge in [-0.05, 0) is 48.7 Å². The van der Waals surface area contributed by atoms with Gasteiger partial charge in [0.15, 0.2) is 0 Å². The second-order valence-electron chi connectivity index (χ2n) is 9.47. The molecule has 0 bridgehead atoms. The van der Waals surface area contributed by atoms with E-state index in [0.29, 0.717) is 35.3 Å². The second kappa shape index (κ2) is 11.2. The van der Waals surface area contributed by atoms with Crippen molar-refractivity contribution in [3.05, 3.63) is 87.9 Å². The van der Waals surface area contributed by atoms with Gasteiger partial charge in [0.05, 0.1) is 43.0 Å². The maximum absolute atomic E-state index is 13.5. The van der Waals surface area contributed by atoms with E-state index in [2.05, 4.69) is 0 Å². The number of anilines is 1. The van der Waals surface area contributed by atoms with Crippen LogP contribution in [0.1, 0.15) is 36.6 Å². The van der Waals surface area contributed by atoms with Crippen molar-refractivity contribution >= 4 is 34.7 Å². The van der Waals surface area contributed by atoms with E-state index in [1.165, 1.54) is 31.3 Å². The highest BCUT2D eigenvalue weighted by molar-refractivity contribution is 6.51. The average molecular weight is 536 g/mol. The van der Waals surface area contributed by atoms with Crippen LogP contribution >= 0.6 is 11.6 Å². The summed E-state index contributed by atoms with van der Waals surface area (Å²) in [6.45, 7) is 6.53. The molecule has 0 aromatic heterocycles. The van der Waals surface area contributed by atoms with Crippen molar-refractivity contribution in [2.24, 2.45) is 5.92 Å². The Bertz CT molecular complexity index is 1400. The van der Waals surface area contributed by atoms with E-state index in [9.17, 15) is 14.7 Å². The minimum Gasteiger partial charge on any atom is -0.507 e. The van der Waals surface area contributed by atoms with Gasteiger partial charge in [0.25, 0.3) is 11.7 Å². The van der Waals surface area contributed by atoms with E-state index < -0.39 is 23.5 Å². The third kappa shape index (κ3) is 5.20. The first-order chi connectivity index (χ1) is 18.2. The number of Topliss-reactive ketones (excluding diaryl/α,β-unsaturated/α-hetero) is 1. The van der Waals surface area contributed by atoms with E-state index in [4.69, 9.17) is 25.8 Å². The first kappa shape index (κ1) is 27.1. The summed E-state index contributed by atoms with van der Waals surface area (Å²) >= 11 is 6.36. The first-order valence-corrected chi connectivity index (χ1v) is 12.6. The van der Waals surface area contributed by atoms with E-state index in [-0.39, 0.29) is 21.9 Å². The van der Waals surface area contributed by atoms with Gasteiger partial charge in [-0.15, -0.1) is 0 Å². The number of amides is 1. The van der Waals surface area contributed by atoms with Crippen LogP contribution in [0.25, 0.3) is 5.76 Å². The molecule has 1 aliphatic heterocycles. The zero-order chi connectivity index (χ0) is 27.6.